The first-order valence-electron chi connectivity index (χ1n) is 6.17. The normalized spacial score (nSPS) is 21.5. The topological polar surface area (TPSA) is 131 Å². The zero-order chi connectivity index (χ0) is 15.0. The summed E-state index contributed by atoms with van der Waals surface area (Å²) in [6.07, 6.45) is 2.68. The van der Waals surface area contributed by atoms with E-state index in [-0.39, 0.29) is 24.5 Å². The van der Waals surface area contributed by atoms with E-state index >= 15 is 0 Å². The summed E-state index contributed by atoms with van der Waals surface area (Å²) in [6.45, 7) is 0.181. The Morgan fingerprint density at radius 1 is 1.43 bits per heavy atom. The molecule has 0 bridgehead atoms. The lowest BCUT2D eigenvalue weighted by molar-refractivity contribution is -0.137. The van der Waals surface area contributed by atoms with Crippen LogP contribution in [0.5, 0.6) is 0 Å². The van der Waals surface area contributed by atoms with Crippen molar-refractivity contribution in [3.63, 3.8) is 0 Å². The standard InChI is InChI=1S/C10H12N6O4S/c17-10(18)3-7-6-21(19,20)2-1-15(7)9-5-11-4-8-12-13-14-16(8)9/h4-5,7H,1-3,6H2,(H,17,18). The third-order valence-corrected chi connectivity index (χ3v) is 5.02. The predicted octanol–water partition coefficient (Wildman–Crippen LogP) is -1.40. The van der Waals surface area contributed by atoms with E-state index in [4.69, 9.17) is 5.11 Å². The van der Waals surface area contributed by atoms with Crippen LogP contribution in [-0.4, -0.2) is 68.6 Å². The SMILES string of the molecule is O=C(O)CC1CS(=O)(=O)CCN1c1cncc2nnnn12. The van der Waals surface area contributed by atoms with Crippen molar-refractivity contribution in [2.75, 3.05) is 23.0 Å². The van der Waals surface area contributed by atoms with Gasteiger partial charge in [-0.15, -0.1) is 5.10 Å². The molecule has 112 valence electrons. The van der Waals surface area contributed by atoms with E-state index < -0.39 is 21.8 Å². The minimum absolute atomic E-state index is 0.0400. The number of aromatic nitrogens is 5. The lowest BCUT2D eigenvalue weighted by Crippen LogP contribution is -2.50. The first kappa shape index (κ1) is 13.7. The van der Waals surface area contributed by atoms with Gasteiger partial charge in [0.25, 0.3) is 0 Å². The Balaban J connectivity index is 2.02. The number of anilines is 1. The van der Waals surface area contributed by atoms with Gasteiger partial charge in [-0.2, -0.15) is 4.52 Å². The zero-order valence-electron chi connectivity index (χ0n) is 10.8. The molecule has 0 spiro atoms. The summed E-state index contributed by atoms with van der Waals surface area (Å²) in [5.41, 5.74) is 0.412. The van der Waals surface area contributed by atoms with Crippen molar-refractivity contribution in [1.29, 1.82) is 0 Å². The van der Waals surface area contributed by atoms with Gasteiger partial charge in [-0.3, -0.25) is 9.78 Å². The summed E-state index contributed by atoms with van der Waals surface area (Å²) < 4.78 is 24.9. The van der Waals surface area contributed by atoms with Crippen LogP contribution < -0.4 is 4.90 Å². The molecule has 3 rings (SSSR count). The molecule has 21 heavy (non-hydrogen) atoms. The molecule has 1 N–H and O–H groups in total. The van der Waals surface area contributed by atoms with Gasteiger partial charge in [0.1, 0.15) is 0 Å². The first-order chi connectivity index (χ1) is 9.96. The Morgan fingerprint density at radius 3 is 3.00 bits per heavy atom. The van der Waals surface area contributed by atoms with Crippen LogP contribution in [0.4, 0.5) is 5.82 Å². The van der Waals surface area contributed by atoms with Crippen molar-refractivity contribution < 1.29 is 18.3 Å². The Bertz CT molecular complexity index is 788. The highest BCUT2D eigenvalue weighted by Gasteiger charge is 2.34. The van der Waals surface area contributed by atoms with Gasteiger partial charge < -0.3 is 10.0 Å². The van der Waals surface area contributed by atoms with E-state index in [2.05, 4.69) is 20.5 Å². The average molecular weight is 312 g/mol. The molecule has 1 unspecified atom stereocenters. The number of rotatable bonds is 3. The van der Waals surface area contributed by atoms with Crippen molar-refractivity contribution in [1.82, 2.24) is 25.0 Å². The van der Waals surface area contributed by atoms with Crippen molar-refractivity contribution in [2.45, 2.75) is 12.5 Å². The van der Waals surface area contributed by atoms with Gasteiger partial charge >= 0.3 is 5.97 Å². The maximum absolute atomic E-state index is 11.8. The third kappa shape index (κ3) is 2.63. The summed E-state index contributed by atoms with van der Waals surface area (Å²) >= 11 is 0. The molecular formula is C10H12N6O4S. The van der Waals surface area contributed by atoms with Crippen LogP contribution in [0.1, 0.15) is 6.42 Å². The van der Waals surface area contributed by atoms with Crippen molar-refractivity contribution in [3.05, 3.63) is 12.4 Å². The molecule has 0 saturated carbocycles. The fourth-order valence-electron chi connectivity index (χ4n) is 2.42. The van der Waals surface area contributed by atoms with Gasteiger partial charge in [0, 0.05) is 6.54 Å². The van der Waals surface area contributed by atoms with Crippen LogP contribution in [0.15, 0.2) is 12.4 Å². The summed E-state index contributed by atoms with van der Waals surface area (Å²) in [6, 6.07) is -0.669. The molecule has 0 radical (unpaired) electrons. The smallest absolute Gasteiger partial charge is 0.305 e. The molecule has 2 aromatic rings. The number of nitrogens with zero attached hydrogens (tertiary/aromatic N) is 6. The number of carboxylic acids is 1. The van der Waals surface area contributed by atoms with Crippen LogP contribution in [0.25, 0.3) is 5.65 Å². The second kappa shape index (κ2) is 4.91. The Kier molecular flexibility index (Phi) is 3.20. The number of tetrazole rings is 1. The Hall–Kier alpha value is -2.30. The molecule has 0 aromatic carbocycles. The van der Waals surface area contributed by atoms with E-state index in [0.717, 1.165) is 0 Å². The number of hydrogen-bond donors (Lipinski definition) is 1. The van der Waals surface area contributed by atoms with Crippen molar-refractivity contribution >= 4 is 27.3 Å². The Morgan fingerprint density at radius 2 is 2.24 bits per heavy atom. The van der Waals surface area contributed by atoms with E-state index in [1.807, 2.05) is 0 Å². The lowest BCUT2D eigenvalue weighted by atomic mass is 10.2. The monoisotopic (exact) mass is 312 g/mol. The minimum atomic E-state index is -3.24. The second-order valence-electron chi connectivity index (χ2n) is 4.77. The van der Waals surface area contributed by atoms with E-state index in [0.29, 0.717) is 11.5 Å². The van der Waals surface area contributed by atoms with Crippen LogP contribution >= 0.6 is 0 Å². The highest BCUT2D eigenvalue weighted by Crippen LogP contribution is 2.22. The third-order valence-electron chi connectivity index (χ3n) is 3.33. The molecule has 2 aromatic heterocycles. The summed E-state index contributed by atoms with van der Waals surface area (Å²) in [5.74, 6) is -0.822. The van der Waals surface area contributed by atoms with Gasteiger partial charge in [0.2, 0.25) is 0 Å². The molecular weight excluding hydrogens is 300 g/mol. The summed E-state index contributed by atoms with van der Waals surface area (Å²) in [4.78, 5) is 16.7. The van der Waals surface area contributed by atoms with Crippen molar-refractivity contribution in [3.8, 4) is 0 Å². The molecule has 1 saturated heterocycles. The molecule has 1 aliphatic rings. The summed E-state index contributed by atoms with van der Waals surface area (Å²) in [7, 11) is -3.24. The molecule has 0 amide bonds. The maximum atomic E-state index is 11.8. The number of carbonyl (C=O) groups is 1. The van der Waals surface area contributed by atoms with E-state index in [1.165, 1.54) is 16.9 Å². The highest BCUT2D eigenvalue weighted by molar-refractivity contribution is 7.91. The molecule has 0 aliphatic carbocycles. The van der Waals surface area contributed by atoms with Crippen LogP contribution in [-0.2, 0) is 14.6 Å². The van der Waals surface area contributed by atoms with Crippen LogP contribution in [0.3, 0.4) is 0 Å². The highest BCUT2D eigenvalue weighted by atomic mass is 32.2. The van der Waals surface area contributed by atoms with Gasteiger partial charge in [0.15, 0.2) is 21.3 Å². The van der Waals surface area contributed by atoms with E-state index in [1.54, 1.807) is 4.90 Å². The Labute approximate surface area is 119 Å². The van der Waals surface area contributed by atoms with Gasteiger partial charge in [-0.25, -0.2) is 8.42 Å². The zero-order valence-corrected chi connectivity index (χ0v) is 11.6. The minimum Gasteiger partial charge on any atom is -0.481 e. The molecule has 1 atom stereocenters. The lowest BCUT2D eigenvalue weighted by Gasteiger charge is -2.35. The number of aliphatic carboxylic acids is 1. The molecule has 10 nitrogen and oxygen atoms in total. The first-order valence-corrected chi connectivity index (χ1v) is 7.99. The summed E-state index contributed by atoms with van der Waals surface area (Å²) in [5, 5.41) is 20.1. The van der Waals surface area contributed by atoms with E-state index in [9.17, 15) is 13.2 Å². The van der Waals surface area contributed by atoms with Crippen LogP contribution in [0.2, 0.25) is 0 Å². The molecule has 1 fully saturated rings. The van der Waals surface area contributed by atoms with Gasteiger partial charge in [-0.05, 0) is 10.4 Å². The number of hydrogen-bond acceptors (Lipinski definition) is 8. The van der Waals surface area contributed by atoms with Crippen LogP contribution in [0, 0.1) is 0 Å². The van der Waals surface area contributed by atoms with Gasteiger partial charge in [-0.1, -0.05) is 0 Å². The molecule has 11 heteroatoms. The fraction of sp³-hybridized carbons (Fsp3) is 0.500. The van der Waals surface area contributed by atoms with Crippen molar-refractivity contribution in [2.24, 2.45) is 0 Å². The maximum Gasteiger partial charge on any atom is 0.305 e. The number of carboxylic acid groups (broad SMARTS) is 1. The average Bonchev–Trinajstić information content (AvgIpc) is 2.85. The number of fused-ring (bicyclic) bond motifs is 1. The quantitative estimate of drug-likeness (QED) is 0.726. The molecule has 3 heterocycles. The molecule has 1 aliphatic heterocycles. The number of sulfone groups is 1. The largest absolute Gasteiger partial charge is 0.481 e. The predicted molar refractivity (Wildman–Crippen MR) is 70.6 cm³/mol. The second-order valence-corrected chi connectivity index (χ2v) is 7.00. The fourth-order valence-corrected chi connectivity index (χ4v) is 3.94. The van der Waals surface area contributed by atoms with Gasteiger partial charge in [0.05, 0.1) is 36.4 Å².